The van der Waals surface area contributed by atoms with Crippen LogP contribution >= 0.6 is 0 Å². The molecule has 0 bridgehead atoms. The van der Waals surface area contributed by atoms with Gasteiger partial charge in [-0.1, -0.05) is 37.1 Å². The molecule has 0 aliphatic heterocycles. The van der Waals surface area contributed by atoms with E-state index in [2.05, 4.69) is 32.9 Å². The van der Waals surface area contributed by atoms with E-state index in [0.717, 1.165) is 25.7 Å². The molecule has 1 atom stereocenters. The van der Waals surface area contributed by atoms with Crippen LogP contribution in [-0.2, 0) is 9.53 Å². The van der Waals surface area contributed by atoms with E-state index in [9.17, 15) is 4.79 Å². The highest BCUT2D eigenvalue weighted by molar-refractivity contribution is 5.37. The first-order chi connectivity index (χ1) is 7.65. The van der Waals surface area contributed by atoms with Gasteiger partial charge in [-0.3, -0.25) is 4.79 Å². The van der Waals surface area contributed by atoms with Gasteiger partial charge in [0.15, 0.2) is 0 Å². The number of carbonyl (C=O) groups is 1. The van der Waals surface area contributed by atoms with Crippen molar-refractivity contribution in [1.82, 2.24) is 0 Å². The summed E-state index contributed by atoms with van der Waals surface area (Å²) >= 11 is 0. The van der Waals surface area contributed by atoms with Crippen LogP contribution in [0, 0.1) is 5.92 Å². The van der Waals surface area contributed by atoms with Gasteiger partial charge >= 0.3 is 0 Å². The van der Waals surface area contributed by atoms with Gasteiger partial charge in [-0.15, -0.1) is 0 Å². The standard InChI is InChI=1S/C14H22O2/c1-11(2)14(16-10-15)9-12(3)13-7-5-4-6-8-13/h4-5,10-11,14H,6-9H2,1-3H3. The fourth-order valence-corrected chi connectivity index (χ4v) is 2.05. The zero-order chi connectivity index (χ0) is 12.0. The van der Waals surface area contributed by atoms with Crippen LogP contribution in [0.15, 0.2) is 23.3 Å². The van der Waals surface area contributed by atoms with E-state index in [1.807, 2.05) is 0 Å². The second-order valence-electron chi connectivity index (χ2n) is 4.82. The molecule has 0 spiro atoms. The Morgan fingerprint density at radius 1 is 1.50 bits per heavy atom. The second kappa shape index (κ2) is 6.51. The van der Waals surface area contributed by atoms with E-state index in [4.69, 9.17) is 4.74 Å². The lowest BCUT2D eigenvalue weighted by atomic mass is 9.91. The SMILES string of the molecule is CC(CC(OC=O)C(C)C)=C1CC=CCC1. The van der Waals surface area contributed by atoms with Gasteiger partial charge < -0.3 is 4.74 Å². The summed E-state index contributed by atoms with van der Waals surface area (Å²) in [6.07, 6.45) is 8.74. The molecule has 0 amide bonds. The molecule has 0 saturated heterocycles. The summed E-state index contributed by atoms with van der Waals surface area (Å²) in [5.41, 5.74) is 2.91. The number of hydrogen-bond acceptors (Lipinski definition) is 2. The molecular formula is C14H22O2. The van der Waals surface area contributed by atoms with Crippen molar-refractivity contribution >= 4 is 6.47 Å². The Hall–Kier alpha value is -1.05. The third-order valence-corrected chi connectivity index (χ3v) is 3.23. The van der Waals surface area contributed by atoms with Gasteiger partial charge in [0, 0.05) is 6.42 Å². The average Bonchev–Trinajstić information content (AvgIpc) is 2.29. The molecule has 1 unspecified atom stereocenters. The molecule has 1 aliphatic carbocycles. The van der Waals surface area contributed by atoms with Crippen molar-refractivity contribution in [3.8, 4) is 0 Å². The van der Waals surface area contributed by atoms with E-state index >= 15 is 0 Å². The second-order valence-corrected chi connectivity index (χ2v) is 4.82. The van der Waals surface area contributed by atoms with Gasteiger partial charge in [0.2, 0.25) is 0 Å². The van der Waals surface area contributed by atoms with Gasteiger partial charge in [-0.2, -0.15) is 0 Å². The Bertz CT molecular complexity index is 287. The highest BCUT2D eigenvalue weighted by Gasteiger charge is 2.16. The smallest absolute Gasteiger partial charge is 0.293 e. The minimum atomic E-state index is 0.0240. The maximum Gasteiger partial charge on any atom is 0.293 e. The lowest BCUT2D eigenvalue weighted by Crippen LogP contribution is -2.20. The minimum absolute atomic E-state index is 0.0240. The average molecular weight is 222 g/mol. The first kappa shape index (κ1) is 13.0. The van der Waals surface area contributed by atoms with Crippen molar-refractivity contribution in [1.29, 1.82) is 0 Å². The van der Waals surface area contributed by atoms with Crippen molar-refractivity contribution in [2.45, 2.75) is 52.6 Å². The molecule has 1 rings (SSSR count). The number of hydrogen-bond donors (Lipinski definition) is 0. The van der Waals surface area contributed by atoms with Crippen molar-refractivity contribution < 1.29 is 9.53 Å². The van der Waals surface area contributed by atoms with Gasteiger partial charge in [0.05, 0.1) is 0 Å². The molecule has 0 aromatic rings. The fourth-order valence-electron chi connectivity index (χ4n) is 2.05. The van der Waals surface area contributed by atoms with Crippen LogP contribution in [0.5, 0.6) is 0 Å². The molecule has 2 nitrogen and oxygen atoms in total. The lowest BCUT2D eigenvalue weighted by molar-refractivity contribution is -0.135. The molecule has 16 heavy (non-hydrogen) atoms. The number of rotatable bonds is 5. The monoisotopic (exact) mass is 222 g/mol. The predicted octanol–water partition coefficient (Wildman–Crippen LogP) is 3.63. The topological polar surface area (TPSA) is 26.3 Å². The largest absolute Gasteiger partial charge is 0.464 e. The maximum absolute atomic E-state index is 10.4. The quantitative estimate of drug-likeness (QED) is 0.524. The van der Waals surface area contributed by atoms with Crippen LogP contribution in [-0.4, -0.2) is 12.6 Å². The van der Waals surface area contributed by atoms with E-state index < -0.39 is 0 Å². The fraction of sp³-hybridized carbons (Fsp3) is 0.643. The number of carbonyl (C=O) groups excluding carboxylic acids is 1. The highest BCUT2D eigenvalue weighted by atomic mass is 16.5. The molecule has 90 valence electrons. The van der Waals surface area contributed by atoms with Crippen LogP contribution in [0.3, 0.4) is 0 Å². The maximum atomic E-state index is 10.4. The van der Waals surface area contributed by atoms with Crippen molar-refractivity contribution in [2.24, 2.45) is 5.92 Å². The minimum Gasteiger partial charge on any atom is -0.464 e. The molecule has 0 saturated carbocycles. The molecule has 2 heteroatoms. The molecule has 1 aliphatic rings. The molecule has 0 radical (unpaired) electrons. The summed E-state index contributed by atoms with van der Waals surface area (Å²) in [4.78, 5) is 10.4. The van der Waals surface area contributed by atoms with E-state index in [1.165, 1.54) is 11.1 Å². The Morgan fingerprint density at radius 2 is 2.25 bits per heavy atom. The molecule has 0 aromatic carbocycles. The Labute approximate surface area is 98.4 Å². The molecule has 0 heterocycles. The van der Waals surface area contributed by atoms with Gasteiger partial charge in [-0.25, -0.2) is 0 Å². The summed E-state index contributed by atoms with van der Waals surface area (Å²) in [7, 11) is 0. The van der Waals surface area contributed by atoms with Gasteiger partial charge in [0.1, 0.15) is 6.10 Å². The summed E-state index contributed by atoms with van der Waals surface area (Å²) in [6, 6.07) is 0. The Balaban J connectivity index is 2.62. The van der Waals surface area contributed by atoms with Crippen molar-refractivity contribution in [2.75, 3.05) is 0 Å². The van der Waals surface area contributed by atoms with Crippen molar-refractivity contribution in [3.63, 3.8) is 0 Å². The summed E-state index contributed by atoms with van der Waals surface area (Å²) in [5, 5.41) is 0. The number of allylic oxidation sites excluding steroid dienone is 3. The van der Waals surface area contributed by atoms with Crippen molar-refractivity contribution in [3.05, 3.63) is 23.3 Å². The zero-order valence-corrected chi connectivity index (χ0v) is 10.5. The normalized spacial score (nSPS) is 20.8. The molecule has 0 fully saturated rings. The Kier molecular flexibility index (Phi) is 5.30. The summed E-state index contributed by atoms with van der Waals surface area (Å²) < 4.78 is 5.13. The van der Waals surface area contributed by atoms with Crippen LogP contribution in [0.25, 0.3) is 0 Å². The van der Waals surface area contributed by atoms with E-state index in [-0.39, 0.29) is 6.10 Å². The van der Waals surface area contributed by atoms with Crippen LogP contribution in [0.4, 0.5) is 0 Å². The lowest BCUT2D eigenvalue weighted by Gasteiger charge is -2.21. The molecular weight excluding hydrogens is 200 g/mol. The molecule has 0 aromatic heterocycles. The van der Waals surface area contributed by atoms with Gasteiger partial charge in [-0.05, 0) is 32.1 Å². The third kappa shape index (κ3) is 3.84. The van der Waals surface area contributed by atoms with Gasteiger partial charge in [0.25, 0.3) is 6.47 Å². The summed E-state index contributed by atoms with van der Waals surface area (Å²) in [6.45, 7) is 6.92. The van der Waals surface area contributed by atoms with E-state index in [1.54, 1.807) is 0 Å². The zero-order valence-electron chi connectivity index (χ0n) is 10.5. The van der Waals surface area contributed by atoms with Crippen LogP contribution < -0.4 is 0 Å². The van der Waals surface area contributed by atoms with Crippen LogP contribution in [0.1, 0.15) is 46.5 Å². The first-order valence-electron chi connectivity index (χ1n) is 6.06. The summed E-state index contributed by atoms with van der Waals surface area (Å²) in [5.74, 6) is 0.375. The highest BCUT2D eigenvalue weighted by Crippen LogP contribution is 2.25. The first-order valence-corrected chi connectivity index (χ1v) is 6.06. The predicted molar refractivity (Wildman–Crippen MR) is 66.1 cm³/mol. The van der Waals surface area contributed by atoms with Crippen LogP contribution in [0.2, 0.25) is 0 Å². The number of ether oxygens (including phenoxy) is 1. The Morgan fingerprint density at radius 3 is 2.75 bits per heavy atom. The third-order valence-electron chi connectivity index (χ3n) is 3.23. The van der Waals surface area contributed by atoms with E-state index in [0.29, 0.717) is 12.4 Å². The molecule has 0 N–H and O–H groups in total.